The molecule has 0 fully saturated rings. The topological polar surface area (TPSA) is 99.0 Å². The van der Waals surface area contributed by atoms with Crippen LogP contribution in [0.2, 0.25) is 0 Å². The number of nitro groups is 1. The molecule has 0 radical (unpaired) electrons. The molecule has 7 nitrogen and oxygen atoms in total. The van der Waals surface area contributed by atoms with E-state index in [0.29, 0.717) is 30.3 Å². The number of nitrogens with one attached hydrogen (secondary N) is 1. The van der Waals surface area contributed by atoms with Gasteiger partial charge in [0.05, 0.1) is 4.92 Å². The fourth-order valence-corrected chi connectivity index (χ4v) is 2.16. The molecule has 2 rings (SSSR count). The fraction of sp³-hybridized carbons (Fsp3) is 0.357. The van der Waals surface area contributed by atoms with E-state index in [1.54, 1.807) is 23.7 Å². The molecule has 1 aromatic heterocycles. The van der Waals surface area contributed by atoms with Crippen LogP contribution in [0.5, 0.6) is 0 Å². The first-order valence-electron chi connectivity index (χ1n) is 6.83. The zero-order valence-electron chi connectivity index (χ0n) is 12.2. The minimum absolute atomic E-state index is 0.0406. The lowest BCUT2D eigenvalue weighted by Crippen LogP contribution is -2.09. The molecule has 3 N–H and O–H groups in total. The van der Waals surface area contributed by atoms with Gasteiger partial charge in [0.2, 0.25) is 5.82 Å². The molecule has 0 spiro atoms. The second kappa shape index (κ2) is 6.25. The predicted octanol–water partition coefficient (Wildman–Crippen LogP) is 2.70. The highest BCUT2D eigenvalue weighted by Crippen LogP contribution is 2.28. The number of nitrogens with two attached hydrogens (primary N) is 1. The van der Waals surface area contributed by atoms with Gasteiger partial charge in [0.15, 0.2) is 0 Å². The number of aryl methyl sites for hydroxylation is 2. The van der Waals surface area contributed by atoms with Gasteiger partial charge in [-0.05, 0) is 31.0 Å². The highest BCUT2D eigenvalue weighted by atomic mass is 16.6. The van der Waals surface area contributed by atoms with Gasteiger partial charge in [-0.1, -0.05) is 19.1 Å². The minimum Gasteiger partial charge on any atom is -0.399 e. The van der Waals surface area contributed by atoms with Gasteiger partial charge in [0, 0.05) is 18.8 Å². The summed E-state index contributed by atoms with van der Waals surface area (Å²) in [6, 6.07) is 7.39. The Labute approximate surface area is 122 Å². The SMILES string of the molecule is CCCn1nc(C)c([N+](=O)[O-])c1NCc1ccc(N)cc1. The molecule has 1 aromatic carbocycles. The molecule has 112 valence electrons. The second-order valence-electron chi connectivity index (χ2n) is 4.86. The van der Waals surface area contributed by atoms with E-state index in [-0.39, 0.29) is 10.6 Å². The van der Waals surface area contributed by atoms with Crippen molar-refractivity contribution in [3.8, 4) is 0 Å². The molecule has 0 atom stereocenters. The first kappa shape index (κ1) is 14.8. The van der Waals surface area contributed by atoms with Crippen molar-refractivity contribution in [3.63, 3.8) is 0 Å². The van der Waals surface area contributed by atoms with Crippen LogP contribution in [0.1, 0.15) is 24.6 Å². The van der Waals surface area contributed by atoms with Crippen molar-refractivity contribution in [2.24, 2.45) is 0 Å². The Morgan fingerprint density at radius 3 is 2.62 bits per heavy atom. The van der Waals surface area contributed by atoms with Crippen LogP contribution in [-0.4, -0.2) is 14.7 Å². The third kappa shape index (κ3) is 3.31. The number of nitrogens with zero attached hydrogens (tertiary/aromatic N) is 3. The molecule has 0 bridgehead atoms. The molecule has 0 saturated carbocycles. The van der Waals surface area contributed by atoms with E-state index in [0.717, 1.165) is 12.0 Å². The molecule has 1 heterocycles. The molecular weight excluding hydrogens is 270 g/mol. The molecule has 0 aliphatic carbocycles. The van der Waals surface area contributed by atoms with Crippen molar-refractivity contribution < 1.29 is 4.92 Å². The zero-order chi connectivity index (χ0) is 15.4. The molecule has 0 unspecified atom stereocenters. The summed E-state index contributed by atoms with van der Waals surface area (Å²) >= 11 is 0. The molecule has 0 amide bonds. The van der Waals surface area contributed by atoms with Gasteiger partial charge in [0.25, 0.3) is 0 Å². The Morgan fingerprint density at radius 1 is 1.38 bits per heavy atom. The summed E-state index contributed by atoms with van der Waals surface area (Å²) in [5.74, 6) is 0.455. The fourth-order valence-electron chi connectivity index (χ4n) is 2.16. The van der Waals surface area contributed by atoms with Crippen LogP contribution in [0.25, 0.3) is 0 Å². The van der Waals surface area contributed by atoms with Crippen molar-refractivity contribution in [1.29, 1.82) is 0 Å². The van der Waals surface area contributed by atoms with Crippen LogP contribution in [0.15, 0.2) is 24.3 Å². The van der Waals surface area contributed by atoms with Crippen molar-refractivity contribution in [3.05, 3.63) is 45.6 Å². The number of benzene rings is 1. The predicted molar refractivity (Wildman–Crippen MR) is 82.1 cm³/mol. The first-order valence-corrected chi connectivity index (χ1v) is 6.83. The maximum atomic E-state index is 11.2. The van der Waals surface area contributed by atoms with E-state index < -0.39 is 0 Å². The van der Waals surface area contributed by atoms with E-state index in [1.807, 2.05) is 19.1 Å². The van der Waals surface area contributed by atoms with E-state index in [2.05, 4.69) is 10.4 Å². The molecular formula is C14H19N5O2. The third-order valence-electron chi connectivity index (χ3n) is 3.15. The van der Waals surface area contributed by atoms with Gasteiger partial charge in [-0.3, -0.25) is 10.1 Å². The van der Waals surface area contributed by atoms with E-state index >= 15 is 0 Å². The lowest BCUT2D eigenvalue weighted by Gasteiger charge is -2.08. The Hall–Kier alpha value is -2.57. The summed E-state index contributed by atoms with van der Waals surface area (Å²) in [6.07, 6.45) is 0.856. The van der Waals surface area contributed by atoms with Crippen LogP contribution in [0, 0.1) is 17.0 Å². The van der Waals surface area contributed by atoms with Gasteiger partial charge in [-0.15, -0.1) is 0 Å². The molecule has 21 heavy (non-hydrogen) atoms. The highest BCUT2D eigenvalue weighted by Gasteiger charge is 2.24. The van der Waals surface area contributed by atoms with Crippen LogP contribution in [0.3, 0.4) is 0 Å². The van der Waals surface area contributed by atoms with E-state index in [9.17, 15) is 10.1 Å². The maximum Gasteiger partial charge on any atom is 0.333 e. The third-order valence-corrected chi connectivity index (χ3v) is 3.15. The summed E-state index contributed by atoms with van der Waals surface area (Å²) in [7, 11) is 0. The summed E-state index contributed by atoms with van der Waals surface area (Å²) < 4.78 is 1.66. The van der Waals surface area contributed by atoms with Crippen molar-refractivity contribution in [2.45, 2.75) is 33.4 Å². The van der Waals surface area contributed by atoms with Gasteiger partial charge < -0.3 is 11.1 Å². The Morgan fingerprint density at radius 2 is 2.05 bits per heavy atom. The number of nitrogen functional groups attached to an aromatic ring is 1. The van der Waals surface area contributed by atoms with Gasteiger partial charge in [0.1, 0.15) is 5.69 Å². The normalized spacial score (nSPS) is 10.6. The van der Waals surface area contributed by atoms with E-state index in [4.69, 9.17) is 5.73 Å². The summed E-state index contributed by atoms with van der Waals surface area (Å²) in [4.78, 5) is 10.8. The van der Waals surface area contributed by atoms with Gasteiger partial charge >= 0.3 is 5.69 Å². The lowest BCUT2D eigenvalue weighted by atomic mass is 10.2. The van der Waals surface area contributed by atoms with Crippen LogP contribution >= 0.6 is 0 Å². The number of anilines is 2. The van der Waals surface area contributed by atoms with Gasteiger partial charge in [-0.2, -0.15) is 5.10 Å². The summed E-state index contributed by atoms with van der Waals surface area (Å²) in [6.45, 7) is 4.78. The number of hydrogen-bond acceptors (Lipinski definition) is 5. The van der Waals surface area contributed by atoms with Crippen LogP contribution < -0.4 is 11.1 Å². The standard InChI is InChI=1S/C14H19N5O2/c1-3-8-18-14(13(19(20)21)10(2)17-18)16-9-11-4-6-12(15)7-5-11/h4-7,16H,3,8-9,15H2,1-2H3. The quantitative estimate of drug-likeness (QED) is 0.484. The largest absolute Gasteiger partial charge is 0.399 e. The van der Waals surface area contributed by atoms with Crippen LogP contribution in [-0.2, 0) is 13.1 Å². The molecule has 0 saturated heterocycles. The summed E-state index contributed by atoms with van der Waals surface area (Å²) in [5, 5.41) is 18.6. The van der Waals surface area contributed by atoms with Gasteiger partial charge in [-0.25, -0.2) is 4.68 Å². The second-order valence-corrected chi connectivity index (χ2v) is 4.86. The number of aromatic nitrogens is 2. The first-order chi connectivity index (χ1) is 10.0. The zero-order valence-corrected chi connectivity index (χ0v) is 12.2. The summed E-state index contributed by atoms with van der Waals surface area (Å²) in [5.41, 5.74) is 7.80. The van der Waals surface area contributed by atoms with Crippen LogP contribution in [0.4, 0.5) is 17.2 Å². The van der Waals surface area contributed by atoms with Crippen molar-refractivity contribution in [2.75, 3.05) is 11.1 Å². The average Bonchev–Trinajstić information content (AvgIpc) is 2.74. The molecule has 2 aromatic rings. The Kier molecular flexibility index (Phi) is 4.42. The van der Waals surface area contributed by atoms with Crippen molar-refractivity contribution >= 4 is 17.2 Å². The minimum atomic E-state index is -0.389. The number of rotatable bonds is 6. The average molecular weight is 289 g/mol. The molecule has 7 heteroatoms. The lowest BCUT2D eigenvalue weighted by molar-refractivity contribution is -0.384. The Bertz CT molecular complexity index is 634. The molecule has 0 aliphatic rings. The monoisotopic (exact) mass is 289 g/mol. The smallest absolute Gasteiger partial charge is 0.333 e. The number of hydrogen-bond donors (Lipinski definition) is 2. The Balaban J connectivity index is 2.24. The van der Waals surface area contributed by atoms with E-state index in [1.165, 1.54) is 0 Å². The maximum absolute atomic E-state index is 11.2. The molecule has 0 aliphatic heterocycles. The van der Waals surface area contributed by atoms with Crippen molar-refractivity contribution in [1.82, 2.24) is 9.78 Å². The highest BCUT2D eigenvalue weighted by molar-refractivity contribution is 5.59.